The number of allylic oxidation sites excluding steroid dienone is 10. The van der Waals surface area contributed by atoms with Crippen molar-refractivity contribution in [1.29, 1.82) is 0 Å². The van der Waals surface area contributed by atoms with E-state index in [1.807, 2.05) is 0 Å². The Kier molecular flexibility index (Phi) is 10.2. The fraction of sp³-hybridized carbons (Fsp3) is 0.700. The standard InChI is InChI=1S/C40H62O4/c1-29(17-13-19-31(3)21-23-39-35(5,6)25-33(41)27-37(39,9)43-39)15-11-12-16-30(2)18-14-20-32(4)22-24-40-36(7,8)26-34(42)28-38(40,10)44-40/h11-17,20-24,29-34,41-42H,18-19,25-28H2,1-10H3/b15-11+,16-12+,17-13+,20-14+,23-21+,24-22+/t29?,30?,31?,32?,33-,34-,37+,38+,39-,40-/m0/s1. The van der Waals surface area contributed by atoms with E-state index in [1.165, 1.54) is 0 Å². The Morgan fingerprint density at radius 3 is 1.45 bits per heavy atom. The molecule has 10 atom stereocenters. The molecule has 2 aliphatic carbocycles. The van der Waals surface area contributed by atoms with Crippen LogP contribution in [0.1, 0.15) is 108 Å². The number of aliphatic hydroxyl groups excluding tert-OH is 2. The zero-order valence-corrected chi connectivity index (χ0v) is 29.3. The highest BCUT2D eigenvalue weighted by Gasteiger charge is 2.75. The quantitative estimate of drug-likeness (QED) is 0.125. The number of aliphatic hydroxyl groups is 2. The van der Waals surface area contributed by atoms with Gasteiger partial charge in [0.1, 0.15) is 22.4 Å². The third kappa shape index (κ3) is 7.14. The first-order valence-electron chi connectivity index (χ1n) is 17.2. The van der Waals surface area contributed by atoms with Crippen LogP contribution in [0.3, 0.4) is 0 Å². The summed E-state index contributed by atoms with van der Waals surface area (Å²) in [6, 6.07) is 0. The van der Waals surface area contributed by atoms with E-state index in [9.17, 15) is 10.2 Å². The molecule has 2 saturated heterocycles. The molecule has 44 heavy (non-hydrogen) atoms. The van der Waals surface area contributed by atoms with Crippen molar-refractivity contribution in [2.75, 3.05) is 0 Å². The second-order valence-corrected chi connectivity index (χ2v) is 16.5. The van der Waals surface area contributed by atoms with Crippen molar-refractivity contribution in [3.05, 3.63) is 72.9 Å². The summed E-state index contributed by atoms with van der Waals surface area (Å²) >= 11 is 0. The van der Waals surface area contributed by atoms with Gasteiger partial charge < -0.3 is 19.7 Å². The first-order valence-corrected chi connectivity index (χ1v) is 17.2. The molecular weight excluding hydrogens is 544 g/mol. The lowest BCUT2D eigenvalue weighted by Gasteiger charge is -2.39. The zero-order valence-electron chi connectivity index (χ0n) is 29.3. The summed E-state index contributed by atoms with van der Waals surface area (Å²) in [7, 11) is 0. The maximum absolute atomic E-state index is 10.3. The molecule has 4 fully saturated rings. The van der Waals surface area contributed by atoms with E-state index >= 15 is 0 Å². The van der Waals surface area contributed by atoms with Crippen LogP contribution in [0.2, 0.25) is 0 Å². The lowest BCUT2D eigenvalue weighted by atomic mass is 9.63. The van der Waals surface area contributed by atoms with Crippen LogP contribution in [0, 0.1) is 34.5 Å². The maximum atomic E-state index is 10.3. The molecule has 0 spiro atoms. The van der Waals surface area contributed by atoms with Crippen LogP contribution in [0.5, 0.6) is 0 Å². The highest BCUT2D eigenvalue weighted by Crippen LogP contribution is 2.67. The minimum atomic E-state index is -0.274. The minimum absolute atomic E-state index is 0.0606. The van der Waals surface area contributed by atoms with Crippen molar-refractivity contribution in [3.63, 3.8) is 0 Å². The third-order valence-corrected chi connectivity index (χ3v) is 11.2. The van der Waals surface area contributed by atoms with Gasteiger partial charge in [-0.25, -0.2) is 0 Å². The monoisotopic (exact) mass is 606 g/mol. The molecule has 246 valence electrons. The van der Waals surface area contributed by atoms with Crippen LogP contribution in [0.25, 0.3) is 0 Å². The molecule has 4 unspecified atom stereocenters. The molecule has 0 aromatic rings. The van der Waals surface area contributed by atoms with Gasteiger partial charge in [-0.15, -0.1) is 0 Å². The van der Waals surface area contributed by atoms with Crippen LogP contribution >= 0.6 is 0 Å². The van der Waals surface area contributed by atoms with Crippen molar-refractivity contribution in [2.24, 2.45) is 34.5 Å². The second-order valence-electron chi connectivity index (χ2n) is 16.5. The Hall–Kier alpha value is -1.72. The summed E-state index contributed by atoms with van der Waals surface area (Å²) in [4.78, 5) is 0. The number of rotatable bonds is 13. The topological polar surface area (TPSA) is 65.5 Å². The first kappa shape index (κ1) is 35.1. The van der Waals surface area contributed by atoms with Crippen molar-refractivity contribution in [1.82, 2.24) is 0 Å². The number of hydrogen-bond acceptors (Lipinski definition) is 4. The smallest absolute Gasteiger partial charge is 0.121 e. The van der Waals surface area contributed by atoms with Gasteiger partial charge >= 0.3 is 0 Å². The van der Waals surface area contributed by atoms with Crippen molar-refractivity contribution in [2.45, 2.75) is 142 Å². The Labute approximate surface area is 269 Å². The molecular formula is C40H62O4. The van der Waals surface area contributed by atoms with Gasteiger partial charge in [0, 0.05) is 23.7 Å². The van der Waals surface area contributed by atoms with Crippen LogP contribution < -0.4 is 0 Å². The van der Waals surface area contributed by atoms with Gasteiger partial charge in [0.25, 0.3) is 0 Å². The first-order chi connectivity index (χ1) is 20.4. The van der Waals surface area contributed by atoms with E-state index in [1.54, 1.807) is 0 Å². The Balaban J connectivity index is 1.15. The molecule has 0 aromatic carbocycles. The summed E-state index contributed by atoms with van der Waals surface area (Å²) in [6.07, 6.45) is 31.7. The SMILES string of the molecule is CC(/C=C/C=C/C(C)C/C=C/C(C)/C=C/[C@@]12O[C@]1(C)C[C@@H](O)CC2(C)C)/C=C/CC(C)/C=C/[C@@]12O[C@]1(C)C[C@@H](O)CC2(C)C. The highest BCUT2D eigenvalue weighted by molar-refractivity contribution is 5.33. The molecule has 4 heteroatoms. The summed E-state index contributed by atoms with van der Waals surface area (Å²) in [5.41, 5.74) is -1.09. The number of ether oxygens (including phenoxy) is 2. The molecule has 0 radical (unpaired) electrons. The van der Waals surface area contributed by atoms with E-state index in [0.29, 0.717) is 23.7 Å². The van der Waals surface area contributed by atoms with Crippen LogP contribution in [0.4, 0.5) is 0 Å². The Morgan fingerprint density at radius 2 is 0.977 bits per heavy atom. The van der Waals surface area contributed by atoms with E-state index in [0.717, 1.165) is 38.5 Å². The molecule has 0 bridgehead atoms. The van der Waals surface area contributed by atoms with Crippen molar-refractivity contribution in [3.8, 4) is 0 Å². The molecule has 4 aliphatic rings. The average Bonchev–Trinajstić information content (AvgIpc) is 3.73. The van der Waals surface area contributed by atoms with E-state index in [2.05, 4.69) is 142 Å². The normalized spacial score (nSPS) is 40.6. The summed E-state index contributed by atoms with van der Waals surface area (Å²) in [5.74, 6) is 1.65. The zero-order chi connectivity index (χ0) is 32.6. The van der Waals surface area contributed by atoms with Crippen molar-refractivity contribution < 1.29 is 19.7 Å². The van der Waals surface area contributed by atoms with Crippen molar-refractivity contribution >= 4 is 0 Å². The fourth-order valence-corrected chi connectivity index (χ4v) is 8.53. The van der Waals surface area contributed by atoms with Crippen LogP contribution in [-0.4, -0.2) is 44.8 Å². The van der Waals surface area contributed by atoms with E-state index < -0.39 is 0 Å². The van der Waals surface area contributed by atoms with E-state index in [4.69, 9.17) is 9.47 Å². The van der Waals surface area contributed by atoms with Gasteiger partial charge in [0.15, 0.2) is 0 Å². The second kappa shape index (κ2) is 12.8. The van der Waals surface area contributed by atoms with Gasteiger partial charge in [-0.2, -0.15) is 0 Å². The van der Waals surface area contributed by atoms with Crippen LogP contribution in [0.15, 0.2) is 72.9 Å². The lowest BCUT2D eigenvalue weighted by molar-refractivity contribution is 0.0509. The van der Waals surface area contributed by atoms with Crippen LogP contribution in [-0.2, 0) is 9.47 Å². The number of fused-ring (bicyclic) bond motifs is 2. The molecule has 2 heterocycles. The summed E-state index contributed by atoms with van der Waals surface area (Å²) in [5, 5.41) is 20.5. The predicted octanol–water partition coefficient (Wildman–Crippen LogP) is 9.07. The molecule has 2 saturated carbocycles. The fourth-order valence-electron chi connectivity index (χ4n) is 8.53. The predicted molar refractivity (Wildman–Crippen MR) is 183 cm³/mol. The van der Waals surface area contributed by atoms with E-state index in [-0.39, 0.29) is 45.4 Å². The highest BCUT2D eigenvalue weighted by atomic mass is 16.6. The third-order valence-electron chi connectivity index (χ3n) is 11.2. The number of hydrogen-bond donors (Lipinski definition) is 2. The lowest BCUT2D eigenvalue weighted by Crippen LogP contribution is -2.46. The van der Waals surface area contributed by atoms with Gasteiger partial charge in [-0.05, 0) is 63.2 Å². The molecule has 4 rings (SSSR count). The number of epoxide rings is 2. The average molecular weight is 607 g/mol. The van der Waals surface area contributed by atoms with Gasteiger partial charge in [0.05, 0.1) is 12.2 Å². The molecule has 0 aromatic heterocycles. The van der Waals surface area contributed by atoms with Gasteiger partial charge in [-0.1, -0.05) is 128 Å². The molecule has 4 nitrogen and oxygen atoms in total. The summed E-state index contributed by atoms with van der Waals surface area (Å²) < 4.78 is 12.6. The van der Waals surface area contributed by atoms with Gasteiger partial charge in [0.2, 0.25) is 0 Å². The molecule has 0 amide bonds. The Morgan fingerprint density at radius 1 is 0.568 bits per heavy atom. The summed E-state index contributed by atoms with van der Waals surface area (Å²) in [6.45, 7) is 22.1. The molecule has 2 N–H and O–H groups in total. The minimum Gasteiger partial charge on any atom is -0.393 e. The Bertz CT molecular complexity index is 1190. The molecule has 2 aliphatic heterocycles. The maximum Gasteiger partial charge on any atom is 0.121 e. The van der Waals surface area contributed by atoms with Gasteiger partial charge in [-0.3, -0.25) is 0 Å². The largest absolute Gasteiger partial charge is 0.393 e.